The highest BCUT2D eigenvalue weighted by Gasteiger charge is 2.32. The number of rotatable bonds is 8. The van der Waals surface area contributed by atoms with E-state index in [2.05, 4.69) is 4.74 Å². The molecule has 4 nitrogen and oxygen atoms in total. The van der Waals surface area contributed by atoms with E-state index in [1.807, 2.05) is 13.8 Å². The van der Waals surface area contributed by atoms with E-state index in [-0.39, 0.29) is 29.2 Å². The number of phenols is 1. The number of halogens is 1. The van der Waals surface area contributed by atoms with Crippen LogP contribution in [0.1, 0.15) is 82.6 Å². The maximum atomic E-state index is 13.5. The van der Waals surface area contributed by atoms with Crippen LogP contribution in [0.3, 0.4) is 0 Å². The third-order valence-corrected chi connectivity index (χ3v) is 6.28. The largest absolute Gasteiger partial charge is 0.507 e. The number of phenolic OH excluding ortho intramolecular Hbond substituents is 1. The summed E-state index contributed by atoms with van der Waals surface area (Å²) in [5, 5.41) is 11.1. The Balaban J connectivity index is 1.95. The lowest BCUT2D eigenvalue weighted by molar-refractivity contribution is -0.140. The fraction of sp³-hybridized carbons (Fsp3) is 0.440. The second-order valence-electron chi connectivity index (χ2n) is 8.07. The van der Waals surface area contributed by atoms with Gasteiger partial charge < -0.3 is 9.84 Å². The Labute approximate surface area is 177 Å². The van der Waals surface area contributed by atoms with Gasteiger partial charge in [0.1, 0.15) is 11.6 Å². The molecule has 1 aliphatic rings. The van der Waals surface area contributed by atoms with Crippen LogP contribution in [0.5, 0.6) is 5.75 Å². The Bertz CT molecular complexity index is 947. The van der Waals surface area contributed by atoms with Gasteiger partial charge in [0.05, 0.1) is 7.11 Å². The zero-order chi connectivity index (χ0) is 21.8. The van der Waals surface area contributed by atoms with Crippen molar-refractivity contribution in [2.24, 2.45) is 0 Å². The van der Waals surface area contributed by atoms with Gasteiger partial charge in [0.25, 0.3) is 0 Å². The Morgan fingerprint density at radius 2 is 1.80 bits per heavy atom. The maximum Gasteiger partial charge on any atom is 0.305 e. The van der Waals surface area contributed by atoms with Crippen LogP contribution in [0.4, 0.5) is 4.39 Å². The molecule has 0 radical (unpaired) electrons. The van der Waals surface area contributed by atoms with Crippen molar-refractivity contribution in [3.05, 3.63) is 63.5 Å². The predicted molar refractivity (Wildman–Crippen MR) is 114 cm³/mol. The lowest BCUT2D eigenvalue weighted by atomic mass is 9.80. The molecule has 30 heavy (non-hydrogen) atoms. The summed E-state index contributed by atoms with van der Waals surface area (Å²) in [6.07, 6.45) is 4.63. The molecule has 0 saturated heterocycles. The second-order valence-corrected chi connectivity index (χ2v) is 8.07. The van der Waals surface area contributed by atoms with Gasteiger partial charge in [-0.2, -0.15) is 0 Å². The molecule has 160 valence electrons. The van der Waals surface area contributed by atoms with Gasteiger partial charge >= 0.3 is 5.97 Å². The van der Waals surface area contributed by atoms with Crippen LogP contribution < -0.4 is 0 Å². The minimum atomic E-state index is -0.305. The average Bonchev–Trinajstić information content (AvgIpc) is 3.12. The van der Waals surface area contributed by atoms with Crippen molar-refractivity contribution in [3.8, 4) is 5.75 Å². The monoisotopic (exact) mass is 412 g/mol. The molecule has 0 aliphatic heterocycles. The number of Topliss-reactive ketones (excluding diaryl/α,β-unsaturated/α-hetero) is 1. The molecule has 1 atom stereocenters. The number of unbranched alkanes of at least 4 members (excludes halogenated alkanes) is 2. The van der Waals surface area contributed by atoms with Crippen molar-refractivity contribution in [2.75, 3.05) is 7.11 Å². The van der Waals surface area contributed by atoms with Gasteiger partial charge in [-0.3, -0.25) is 9.59 Å². The van der Waals surface area contributed by atoms with E-state index < -0.39 is 0 Å². The summed E-state index contributed by atoms with van der Waals surface area (Å²) in [5.41, 5.74) is 4.99. The lowest BCUT2D eigenvalue weighted by Crippen LogP contribution is -2.09. The molecule has 1 N–H and O–H groups in total. The highest BCUT2D eigenvalue weighted by atomic mass is 19.1. The minimum Gasteiger partial charge on any atom is -0.507 e. The Morgan fingerprint density at radius 3 is 2.47 bits per heavy atom. The van der Waals surface area contributed by atoms with E-state index >= 15 is 0 Å². The molecule has 0 aromatic heterocycles. The van der Waals surface area contributed by atoms with Crippen LogP contribution in [-0.2, 0) is 16.0 Å². The molecule has 0 fully saturated rings. The van der Waals surface area contributed by atoms with Gasteiger partial charge in [-0.1, -0.05) is 25.0 Å². The number of esters is 1. The molecule has 0 unspecified atom stereocenters. The number of fused-ring (bicyclic) bond motifs is 1. The van der Waals surface area contributed by atoms with Gasteiger partial charge in [-0.25, -0.2) is 4.39 Å². The van der Waals surface area contributed by atoms with Crippen molar-refractivity contribution in [3.63, 3.8) is 0 Å². The third kappa shape index (κ3) is 4.40. The number of methoxy groups -OCH3 is 1. The van der Waals surface area contributed by atoms with Gasteiger partial charge in [0, 0.05) is 29.9 Å². The number of aromatic hydroxyl groups is 1. The molecule has 2 aromatic carbocycles. The SMILES string of the molecule is COC(=O)CCCCC[C@H](c1ccc(F)cc1)c1c(O)c(C)c(C)c2c1CCC2=O. The average molecular weight is 413 g/mol. The first-order valence-corrected chi connectivity index (χ1v) is 10.6. The Hall–Kier alpha value is -2.69. The summed E-state index contributed by atoms with van der Waals surface area (Å²) >= 11 is 0. The summed E-state index contributed by atoms with van der Waals surface area (Å²) in [7, 11) is 1.39. The number of carbonyl (C=O) groups excluding carboxylic acids is 2. The van der Waals surface area contributed by atoms with E-state index in [1.165, 1.54) is 19.2 Å². The summed E-state index contributed by atoms with van der Waals surface area (Å²) < 4.78 is 18.2. The van der Waals surface area contributed by atoms with Crippen LogP contribution in [0.25, 0.3) is 0 Å². The molecule has 0 saturated carbocycles. The van der Waals surface area contributed by atoms with Crippen molar-refractivity contribution >= 4 is 11.8 Å². The molecule has 0 spiro atoms. The van der Waals surface area contributed by atoms with Gasteiger partial charge in [-0.15, -0.1) is 0 Å². The van der Waals surface area contributed by atoms with Crippen LogP contribution >= 0.6 is 0 Å². The fourth-order valence-electron chi connectivity index (χ4n) is 4.52. The zero-order valence-electron chi connectivity index (χ0n) is 17.9. The number of benzene rings is 2. The molecule has 0 bridgehead atoms. The maximum absolute atomic E-state index is 13.5. The van der Waals surface area contributed by atoms with Crippen molar-refractivity contribution in [1.29, 1.82) is 0 Å². The standard InChI is InChI=1S/C25H29FO4/c1-15-16(2)25(29)24(20-13-14-21(27)23(15)20)19(17-9-11-18(26)12-10-17)7-5-4-6-8-22(28)30-3/h9-12,19,29H,4-8,13-14H2,1-3H3/t19-/m1/s1. The van der Waals surface area contributed by atoms with E-state index in [1.54, 1.807) is 12.1 Å². The fourth-order valence-corrected chi connectivity index (χ4v) is 4.52. The smallest absolute Gasteiger partial charge is 0.305 e. The number of carbonyl (C=O) groups is 2. The van der Waals surface area contributed by atoms with E-state index in [0.717, 1.165) is 59.1 Å². The van der Waals surface area contributed by atoms with Crippen LogP contribution in [0, 0.1) is 19.7 Å². The van der Waals surface area contributed by atoms with E-state index in [9.17, 15) is 19.1 Å². The molecule has 5 heteroatoms. The number of ketones is 1. The number of ether oxygens (including phenoxy) is 1. The lowest BCUT2D eigenvalue weighted by Gasteiger charge is -2.24. The predicted octanol–water partition coefficient (Wildman–Crippen LogP) is 5.53. The molecule has 0 amide bonds. The van der Waals surface area contributed by atoms with Crippen molar-refractivity contribution in [1.82, 2.24) is 0 Å². The topological polar surface area (TPSA) is 63.6 Å². The van der Waals surface area contributed by atoms with Crippen molar-refractivity contribution < 1.29 is 23.8 Å². The number of hydrogen-bond acceptors (Lipinski definition) is 4. The first kappa shape index (κ1) is 22.0. The highest BCUT2D eigenvalue weighted by molar-refractivity contribution is 6.03. The van der Waals surface area contributed by atoms with Gasteiger partial charge in [0.15, 0.2) is 5.78 Å². The molecular weight excluding hydrogens is 383 g/mol. The molecule has 2 aromatic rings. The van der Waals surface area contributed by atoms with E-state index in [0.29, 0.717) is 19.3 Å². The van der Waals surface area contributed by atoms with Crippen LogP contribution in [0.15, 0.2) is 24.3 Å². The quantitative estimate of drug-likeness (QED) is 0.457. The summed E-state index contributed by atoms with van der Waals surface area (Å²) in [4.78, 5) is 23.9. The zero-order valence-corrected chi connectivity index (χ0v) is 17.9. The Kier molecular flexibility index (Phi) is 6.91. The van der Waals surface area contributed by atoms with Gasteiger partial charge in [-0.05, 0) is 67.5 Å². The van der Waals surface area contributed by atoms with Gasteiger partial charge in [0.2, 0.25) is 0 Å². The second kappa shape index (κ2) is 9.41. The normalized spacial score (nSPS) is 13.9. The van der Waals surface area contributed by atoms with Crippen LogP contribution in [0.2, 0.25) is 0 Å². The van der Waals surface area contributed by atoms with Crippen molar-refractivity contribution in [2.45, 2.75) is 64.7 Å². The minimum absolute atomic E-state index is 0.128. The summed E-state index contributed by atoms with van der Waals surface area (Å²) in [6.45, 7) is 3.73. The molecule has 3 rings (SSSR count). The first-order valence-electron chi connectivity index (χ1n) is 10.6. The third-order valence-electron chi connectivity index (χ3n) is 6.28. The molecule has 0 heterocycles. The number of hydrogen-bond donors (Lipinski definition) is 1. The summed E-state index contributed by atoms with van der Waals surface area (Å²) in [5.74, 6) is -0.288. The first-order chi connectivity index (χ1) is 14.3. The molecular formula is C25H29FO4. The van der Waals surface area contributed by atoms with Crippen LogP contribution in [-0.4, -0.2) is 24.0 Å². The van der Waals surface area contributed by atoms with E-state index in [4.69, 9.17) is 0 Å². The Morgan fingerprint density at radius 1 is 1.10 bits per heavy atom. The summed E-state index contributed by atoms with van der Waals surface area (Å²) in [6, 6.07) is 6.38. The highest BCUT2D eigenvalue weighted by Crippen LogP contribution is 2.45. The molecule has 1 aliphatic carbocycles.